The fourth-order valence-electron chi connectivity index (χ4n) is 5.22. The van der Waals surface area contributed by atoms with Gasteiger partial charge in [0.15, 0.2) is 16.7 Å². The summed E-state index contributed by atoms with van der Waals surface area (Å²) in [6.45, 7) is 5.26. The molecule has 0 aromatic heterocycles. The normalized spacial score (nSPS) is 22.5. The molecule has 0 bridgehead atoms. The van der Waals surface area contributed by atoms with E-state index in [1.165, 1.54) is 7.11 Å². The number of nitrogens with one attached hydrogen (secondary N) is 1. The number of β-lactam (4-membered cyclic amide) rings is 1. The van der Waals surface area contributed by atoms with E-state index in [-0.39, 0.29) is 6.61 Å². The Morgan fingerprint density at radius 2 is 1.71 bits per heavy atom. The summed E-state index contributed by atoms with van der Waals surface area (Å²) >= 11 is 7.29. The number of esters is 3. The molecule has 2 aliphatic heterocycles. The van der Waals surface area contributed by atoms with Gasteiger partial charge in [0.2, 0.25) is 5.91 Å². The molecule has 2 aromatic carbocycles. The Morgan fingerprint density at radius 1 is 1.09 bits per heavy atom. The van der Waals surface area contributed by atoms with Crippen LogP contribution in [0.25, 0.3) is 0 Å². The molecule has 0 aliphatic carbocycles. The van der Waals surface area contributed by atoms with Crippen molar-refractivity contribution in [1.29, 1.82) is 0 Å². The number of carbonyl (C=O) groups is 5. The fraction of sp³-hybridized carbons (Fsp3) is 0.393. The molecule has 2 aliphatic rings. The Labute approximate surface area is 267 Å². The number of carbonyl (C=O) groups excluding carboxylic acids is 5. The minimum atomic E-state index is -5.23. The lowest BCUT2D eigenvalue weighted by atomic mass is 9.91. The van der Waals surface area contributed by atoms with Crippen LogP contribution >= 0.6 is 23.4 Å². The molecule has 2 aromatic rings. The van der Waals surface area contributed by atoms with Crippen molar-refractivity contribution < 1.29 is 55.9 Å². The molecule has 242 valence electrons. The molecule has 0 spiro atoms. The number of ether oxygens (including phenoxy) is 4. The van der Waals surface area contributed by atoms with Crippen molar-refractivity contribution in [3.63, 3.8) is 0 Å². The first-order valence-corrected chi connectivity index (χ1v) is 15.9. The van der Waals surface area contributed by atoms with Gasteiger partial charge in [-0.2, -0.15) is 8.42 Å². The lowest BCUT2D eigenvalue weighted by Crippen LogP contribution is -2.76. The topological polar surface area (TPSA) is 192 Å². The van der Waals surface area contributed by atoms with Crippen LogP contribution < -0.4 is 14.8 Å². The standard InChI is InChI=1S/C28H29ClN2O12S2/c1-14(32)42-19-12-17(11-18(29)21(19)43-15(2)33)22(45(37,38)39)23(34)30-20-24(35)31-25(20)44-27(3,4)28(31,40-5)26(36)41-13-16-9-7-6-8-10-16/h6-12,20,22,25H,13H2,1-5H3,(H,30,34)(H,37,38,39)/t20-,22?,25+,28+/m0/s1. The fourth-order valence-corrected chi connectivity index (χ4v) is 8.00. The van der Waals surface area contributed by atoms with Crippen LogP contribution in [0.5, 0.6) is 11.5 Å². The molecule has 2 N–H and O–H groups in total. The van der Waals surface area contributed by atoms with Gasteiger partial charge in [0.05, 0.1) is 9.77 Å². The van der Waals surface area contributed by atoms with E-state index in [1.54, 1.807) is 44.2 Å². The minimum Gasteiger partial charge on any atom is -0.457 e. The third kappa shape index (κ3) is 6.37. The number of nitrogens with zero attached hydrogens (tertiary/aromatic N) is 1. The smallest absolute Gasteiger partial charge is 0.361 e. The second-order valence-corrected chi connectivity index (χ2v) is 14.2. The highest BCUT2D eigenvalue weighted by atomic mass is 35.5. The summed E-state index contributed by atoms with van der Waals surface area (Å²) in [5.74, 6) is -5.62. The lowest BCUT2D eigenvalue weighted by molar-refractivity contribution is -0.216. The van der Waals surface area contributed by atoms with Crippen LogP contribution in [0.3, 0.4) is 0 Å². The number of hydrogen-bond acceptors (Lipinski definition) is 12. The van der Waals surface area contributed by atoms with Crippen molar-refractivity contribution in [2.75, 3.05) is 7.11 Å². The van der Waals surface area contributed by atoms with Gasteiger partial charge >= 0.3 is 17.9 Å². The molecule has 2 heterocycles. The van der Waals surface area contributed by atoms with Crippen LogP contribution in [0.2, 0.25) is 5.02 Å². The first-order valence-electron chi connectivity index (χ1n) is 13.2. The van der Waals surface area contributed by atoms with E-state index >= 15 is 0 Å². The first kappa shape index (κ1) is 34.2. The minimum absolute atomic E-state index is 0.0947. The van der Waals surface area contributed by atoms with Crippen LogP contribution in [-0.4, -0.2) is 76.6 Å². The maximum atomic E-state index is 13.5. The second kappa shape index (κ2) is 12.6. The van der Waals surface area contributed by atoms with Gasteiger partial charge < -0.3 is 24.3 Å². The van der Waals surface area contributed by atoms with Crippen LogP contribution in [0, 0.1) is 0 Å². The average Bonchev–Trinajstić information content (AvgIpc) is 3.16. The van der Waals surface area contributed by atoms with Gasteiger partial charge in [0, 0.05) is 21.0 Å². The van der Waals surface area contributed by atoms with Gasteiger partial charge in [-0.3, -0.25) is 28.6 Å². The number of amides is 2. The number of halogens is 1. The molecule has 2 fully saturated rings. The summed E-state index contributed by atoms with van der Waals surface area (Å²) in [5.41, 5.74) is -1.66. The summed E-state index contributed by atoms with van der Waals surface area (Å²) in [7, 11) is -3.99. The van der Waals surface area contributed by atoms with E-state index in [0.29, 0.717) is 5.56 Å². The van der Waals surface area contributed by atoms with Gasteiger partial charge in [-0.05, 0) is 37.1 Å². The predicted octanol–water partition coefficient (Wildman–Crippen LogP) is 2.38. The second-order valence-electron chi connectivity index (χ2n) is 10.5. The molecule has 0 radical (unpaired) electrons. The summed E-state index contributed by atoms with van der Waals surface area (Å²) in [6.07, 6.45) is 0. The van der Waals surface area contributed by atoms with Gasteiger partial charge in [-0.25, -0.2) is 4.79 Å². The average molecular weight is 685 g/mol. The van der Waals surface area contributed by atoms with Gasteiger partial charge in [0.1, 0.15) is 18.0 Å². The van der Waals surface area contributed by atoms with Gasteiger partial charge in [-0.15, -0.1) is 11.8 Å². The number of thioether (sulfide) groups is 1. The van der Waals surface area contributed by atoms with Crippen molar-refractivity contribution in [3.8, 4) is 11.5 Å². The zero-order chi connectivity index (χ0) is 33.5. The van der Waals surface area contributed by atoms with Gasteiger partial charge in [-0.1, -0.05) is 41.9 Å². The van der Waals surface area contributed by atoms with E-state index in [2.05, 4.69) is 5.32 Å². The van der Waals surface area contributed by atoms with Crippen LogP contribution in [-0.2, 0) is 50.2 Å². The van der Waals surface area contributed by atoms with E-state index in [9.17, 15) is 36.9 Å². The van der Waals surface area contributed by atoms with Crippen molar-refractivity contribution in [2.45, 2.75) is 61.4 Å². The monoisotopic (exact) mass is 684 g/mol. The first-order chi connectivity index (χ1) is 20.9. The van der Waals surface area contributed by atoms with Gasteiger partial charge in [0.25, 0.3) is 21.8 Å². The Hall–Kier alpha value is -3.70. The highest BCUT2D eigenvalue weighted by Crippen LogP contribution is 2.57. The Balaban J connectivity index is 1.62. The van der Waals surface area contributed by atoms with Crippen molar-refractivity contribution in [3.05, 3.63) is 58.6 Å². The number of rotatable bonds is 10. The highest BCUT2D eigenvalue weighted by molar-refractivity contribution is 8.01. The summed E-state index contributed by atoms with van der Waals surface area (Å²) in [6, 6.07) is 9.31. The van der Waals surface area contributed by atoms with E-state index in [1.807, 2.05) is 0 Å². The molecule has 17 heteroatoms. The number of benzene rings is 2. The van der Waals surface area contributed by atoms with Crippen molar-refractivity contribution in [2.24, 2.45) is 0 Å². The molecule has 4 rings (SSSR count). The number of fused-ring (bicyclic) bond motifs is 1. The molecule has 2 saturated heterocycles. The SMILES string of the molecule is CO[C@@]1(C(=O)OCc2ccccc2)N2C(=O)[C@H](NC(=O)C(c3cc(Cl)c(OC(C)=O)c(OC(C)=O)c3)S(=O)(=O)O)[C@H]2SC1(C)C. The number of methoxy groups -OCH3 is 1. The third-order valence-corrected chi connectivity index (χ3v) is 10.0. The van der Waals surface area contributed by atoms with E-state index in [0.717, 1.165) is 42.6 Å². The summed E-state index contributed by atoms with van der Waals surface area (Å²) in [4.78, 5) is 64.7. The maximum absolute atomic E-state index is 13.5. The van der Waals surface area contributed by atoms with Crippen LogP contribution in [0.1, 0.15) is 44.1 Å². The molecular weight excluding hydrogens is 656 g/mol. The molecule has 4 atom stereocenters. The van der Waals surface area contributed by atoms with E-state index in [4.69, 9.17) is 30.5 Å². The lowest BCUT2D eigenvalue weighted by Gasteiger charge is -2.49. The molecule has 1 unspecified atom stereocenters. The largest absolute Gasteiger partial charge is 0.457 e. The van der Waals surface area contributed by atoms with Crippen LogP contribution in [0.4, 0.5) is 0 Å². The predicted molar refractivity (Wildman–Crippen MR) is 159 cm³/mol. The molecular formula is C28H29ClN2O12S2. The van der Waals surface area contributed by atoms with Crippen LogP contribution in [0.15, 0.2) is 42.5 Å². The summed E-state index contributed by atoms with van der Waals surface area (Å²) in [5, 5.41) is -1.34. The zero-order valence-electron chi connectivity index (χ0n) is 24.6. The van der Waals surface area contributed by atoms with Crippen molar-refractivity contribution in [1.82, 2.24) is 10.2 Å². The molecule has 14 nitrogen and oxygen atoms in total. The van der Waals surface area contributed by atoms with Crippen molar-refractivity contribution >= 4 is 63.2 Å². The maximum Gasteiger partial charge on any atom is 0.361 e. The molecule has 0 saturated carbocycles. The van der Waals surface area contributed by atoms with E-state index < -0.39 is 89.1 Å². The number of hydrogen-bond donors (Lipinski definition) is 2. The molecule has 45 heavy (non-hydrogen) atoms. The zero-order valence-corrected chi connectivity index (χ0v) is 26.9. The Bertz CT molecular complexity index is 1670. The Kier molecular flexibility index (Phi) is 9.57. The third-order valence-electron chi connectivity index (χ3n) is 7.07. The Morgan fingerprint density at radius 3 is 2.27 bits per heavy atom. The molecule has 2 amide bonds. The highest BCUT2D eigenvalue weighted by Gasteiger charge is 2.74. The quantitative estimate of drug-likeness (QED) is 0.161. The summed E-state index contributed by atoms with van der Waals surface area (Å²) < 4.78 is 55.1.